The van der Waals surface area contributed by atoms with Gasteiger partial charge in [0.2, 0.25) is 0 Å². The van der Waals surface area contributed by atoms with Gasteiger partial charge in [0.15, 0.2) is 5.13 Å². The molecule has 3 aliphatic rings. The Balaban J connectivity index is 1.34. The molecule has 5 rings (SSSR count). The SMILES string of the molecule is CC1C(=O)OC2C1CCC1(C)Cc3sc(NCCc4ccccn4)nc3C(C)C21. The molecule has 6 atom stereocenters. The molecule has 2 aromatic rings. The Hall–Kier alpha value is -1.95. The number of carbonyl (C=O) groups excluding carboxylic acids is 1. The number of ether oxygens (including phenoxy) is 1. The summed E-state index contributed by atoms with van der Waals surface area (Å²) < 4.78 is 5.93. The van der Waals surface area contributed by atoms with Crippen LogP contribution in [0.25, 0.3) is 0 Å². The van der Waals surface area contributed by atoms with Crippen molar-refractivity contribution in [3.63, 3.8) is 0 Å². The quantitative estimate of drug-likeness (QED) is 0.753. The maximum Gasteiger partial charge on any atom is 0.309 e. The van der Waals surface area contributed by atoms with Crippen LogP contribution in [-0.2, 0) is 22.4 Å². The van der Waals surface area contributed by atoms with Gasteiger partial charge in [-0.15, -0.1) is 11.3 Å². The van der Waals surface area contributed by atoms with E-state index in [2.05, 4.69) is 30.2 Å². The van der Waals surface area contributed by atoms with Crippen molar-refractivity contribution in [2.24, 2.45) is 23.2 Å². The fourth-order valence-corrected chi connectivity index (χ4v) is 7.29. The highest BCUT2D eigenvalue weighted by Gasteiger charge is 2.58. The van der Waals surface area contributed by atoms with Crippen molar-refractivity contribution in [3.8, 4) is 0 Å². The van der Waals surface area contributed by atoms with Crippen molar-refractivity contribution in [2.75, 3.05) is 11.9 Å². The van der Waals surface area contributed by atoms with E-state index in [1.807, 2.05) is 25.3 Å². The van der Waals surface area contributed by atoms with Gasteiger partial charge in [-0.3, -0.25) is 9.78 Å². The summed E-state index contributed by atoms with van der Waals surface area (Å²) >= 11 is 1.80. The number of esters is 1. The Kier molecular flexibility index (Phi) is 4.65. The minimum absolute atomic E-state index is 0.00241. The van der Waals surface area contributed by atoms with Crippen LogP contribution >= 0.6 is 11.3 Å². The lowest BCUT2D eigenvalue weighted by Crippen LogP contribution is -2.50. The molecular weight excluding hydrogens is 382 g/mol. The number of rotatable bonds is 4. The Morgan fingerprint density at radius 1 is 1.31 bits per heavy atom. The average Bonchev–Trinajstić information content (AvgIpc) is 3.22. The molecule has 0 bridgehead atoms. The number of anilines is 1. The molecule has 0 amide bonds. The molecule has 1 saturated carbocycles. The van der Waals surface area contributed by atoms with Crippen molar-refractivity contribution in [1.82, 2.24) is 9.97 Å². The van der Waals surface area contributed by atoms with Crippen LogP contribution in [0.5, 0.6) is 0 Å². The van der Waals surface area contributed by atoms with Crippen LogP contribution in [-0.4, -0.2) is 28.6 Å². The molecule has 2 fully saturated rings. The standard InChI is InChI=1S/C23H29N3O2S/c1-13-16-7-9-23(3)12-17-19(14(2)18(23)20(16)28-21(13)27)26-22(29-17)25-11-8-15-6-4-5-10-24-15/h4-6,10,13-14,16,18,20H,7-9,11-12H2,1-3H3,(H,25,26). The molecule has 5 nitrogen and oxygen atoms in total. The number of nitrogens with zero attached hydrogens (tertiary/aromatic N) is 2. The van der Waals surface area contributed by atoms with E-state index in [4.69, 9.17) is 9.72 Å². The van der Waals surface area contributed by atoms with Crippen molar-refractivity contribution < 1.29 is 9.53 Å². The monoisotopic (exact) mass is 411 g/mol. The lowest BCUT2D eigenvalue weighted by molar-refractivity contribution is -0.149. The summed E-state index contributed by atoms with van der Waals surface area (Å²) in [5.41, 5.74) is 2.50. The number of nitrogens with one attached hydrogen (secondary N) is 1. The number of hydrogen-bond donors (Lipinski definition) is 1. The van der Waals surface area contributed by atoms with Crippen LogP contribution in [0.3, 0.4) is 0 Å². The number of aromatic nitrogens is 2. The largest absolute Gasteiger partial charge is 0.461 e. The molecule has 0 radical (unpaired) electrons. The second kappa shape index (κ2) is 7.08. The first-order chi connectivity index (χ1) is 14.0. The smallest absolute Gasteiger partial charge is 0.309 e. The Bertz CT molecular complexity index is 914. The second-order valence-electron chi connectivity index (χ2n) is 9.36. The molecule has 6 heteroatoms. The van der Waals surface area contributed by atoms with Gasteiger partial charge in [0, 0.05) is 47.5 Å². The molecule has 154 valence electrons. The molecule has 6 unspecified atom stereocenters. The van der Waals surface area contributed by atoms with Gasteiger partial charge >= 0.3 is 5.97 Å². The van der Waals surface area contributed by atoms with E-state index in [0.29, 0.717) is 17.8 Å². The summed E-state index contributed by atoms with van der Waals surface area (Å²) in [5, 5.41) is 4.51. The second-order valence-corrected chi connectivity index (χ2v) is 10.4. The zero-order chi connectivity index (χ0) is 20.2. The fourth-order valence-electron chi connectivity index (χ4n) is 6.00. The molecular formula is C23H29N3O2S. The third-order valence-electron chi connectivity index (χ3n) is 7.54. The third-order valence-corrected chi connectivity index (χ3v) is 8.57. The molecule has 2 aromatic heterocycles. The summed E-state index contributed by atoms with van der Waals surface area (Å²) in [4.78, 5) is 23.0. The van der Waals surface area contributed by atoms with Crippen LogP contribution < -0.4 is 5.32 Å². The van der Waals surface area contributed by atoms with Crippen LogP contribution in [0.4, 0.5) is 5.13 Å². The van der Waals surface area contributed by atoms with Crippen molar-refractivity contribution in [3.05, 3.63) is 40.7 Å². The highest BCUT2D eigenvalue weighted by atomic mass is 32.1. The number of pyridine rings is 1. The Morgan fingerprint density at radius 3 is 2.97 bits per heavy atom. The summed E-state index contributed by atoms with van der Waals surface area (Å²) in [6.07, 6.45) is 6.10. The maximum atomic E-state index is 12.3. The first kappa shape index (κ1) is 19.0. The number of thiazole rings is 1. The lowest BCUT2D eigenvalue weighted by Gasteiger charge is -2.51. The van der Waals surface area contributed by atoms with Crippen molar-refractivity contribution in [1.29, 1.82) is 0 Å². The highest BCUT2D eigenvalue weighted by molar-refractivity contribution is 7.15. The topological polar surface area (TPSA) is 64.1 Å². The Labute approximate surface area is 176 Å². The average molecular weight is 412 g/mol. The van der Waals surface area contributed by atoms with Crippen molar-refractivity contribution in [2.45, 2.75) is 58.5 Å². The van der Waals surface area contributed by atoms with Gasteiger partial charge in [-0.25, -0.2) is 4.98 Å². The number of fused-ring (bicyclic) bond motifs is 4. The minimum atomic E-state index is -0.00241. The van der Waals surface area contributed by atoms with E-state index in [1.54, 1.807) is 11.3 Å². The van der Waals surface area contributed by atoms with Gasteiger partial charge in [-0.2, -0.15) is 0 Å². The van der Waals surface area contributed by atoms with E-state index in [0.717, 1.165) is 36.6 Å². The van der Waals surface area contributed by atoms with E-state index in [1.165, 1.54) is 17.0 Å². The molecule has 0 spiro atoms. The van der Waals surface area contributed by atoms with E-state index in [-0.39, 0.29) is 23.4 Å². The minimum Gasteiger partial charge on any atom is -0.461 e. The van der Waals surface area contributed by atoms with Gasteiger partial charge in [0.1, 0.15) is 6.10 Å². The molecule has 1 aliphatic heterocycles. The molecule has 3 heterocycles. The third kappa shape index (κ3) is 3.16. The molecule has 1 N–H and O–H groups in total. The highest BCUT2D eigenvalue weighted by Crippen LogP contribution is 2.59. The summed E-state index contributed by atoms with van der Waals surface area (Å²) in [5.74, 6) is 1.09. The maximum absolute atomic E-state index is 12.3. The fraction of sp³-hybridized carbons (Fsp3) is 0.609. The summed E-state index contributed by atoms with van der Waals surface area (Å²) in [6, 6.07) is 6.03. The van der Waals surface area contributed by atoms with E-state index in [9.17, 15) is 4.79 Å². The molecule has 29 heavy (non-hydrogen) atoms. The number of carbonyl (C=O) groups is 1. The summed E-state index contributed by atoms with van der Waals surface area (Å²) in [7, 11) is 0. The van der Waals surface area contributed by atoms with Gasteiger partial charge < -0.3 is 10.1 Å². The van der Waals surface area contributed by atoms with Crippen LogP contribution in [0.1, 0.15) is 55.8 Å². The summed E-state index contributed by atoms with van der Waals surface area (Å²) in [6.45, 7) is 7.56. The van der Waals surface area contributed by atoms with Crippen LogP contribution in [0.2, 0.25) is 0 Å². The van der Waals surface area contributed by atoms with Crippen molar-refractivity contribution >= 4 is 22.4 Å². The van der Waals surface area contributed by atoms with E-state index >= 15 is 0 Å². The van der Waals surface area contributed by atoms with Gasteiger partial charge in [-0.1, -0.05) is 26.8 Å². The molecule has 1 saturated heterocycles. The zero-order valence-electron chi connectivity index (χ0n) is 17.4. The van der Waals surface area contributed by atoms with Crippen LogP contribution in [0.15, 0.2) is 24.4 Å². The molecule has 2 aliphatic carbocycles. The predicted molar refractivity (Wildman–Crippen MR) is 114 cm³/mol. The Morgan fingerprint density at radius 2 is 2.17 bits per heavy atom. The number of hydrogen-bond acceptors (Lipinski definition) is 6. The first-order valence-corrected chi connectivity index (χ1v) is 11.6. The van der Waals surface area contributed by atoms with E-state index < -0.39 is 0 Å². The molecule has 0 aromatic carbocycles. The normalized spacial score (nSPS) is 35.4. The lowest BCUT2D eigenvalue weighted by atomic mass is 9.54. The van der Waals surface area contributed by atoms with Gasteiger partial charge in [0.25, 0.3) is 0 Å². The predicted octanol–water partition coefficient (Wildman–Crippen LogP) is 4.45. The van der Waals surface area contributed by atoms with Crippen LogP contribution in [0, 0.1) is 23.2 Å². The first-order valence-electron chi connectivity index (χ1n) is 10.8. The van der Waals surface area contributed by atoms with Gasteiger partial charge in [0.05, 0.1) is 11.6 Å². The zero-order valence-corrected chi connectivity index (χ0v) is 18.2. The van der Waals surface area contributed by atoms with Gasteiger partial charge in [-0.05, 0) is 36.8 Å².